The van der Waals surface area contributed by atoms with Crippen LogP contribution in [0.2, 0.25) is 5.02 Å². The van der Waals surface area contributed by atoms with Crippen LogP contribution in [0.4, 0.5) is 0 Å². The maximum Gasteiger partial charge on any atom is 0.263 e. The Morgan fingerprint density at radius 3 is 2.50 bits per heavy atom. The fourth-order valence-electron chi connectivity index (χ4n) is 3.68. The van der Waals surface area contributed by atoms with Crippen LogP contribution < -0.4 is 10.1 Å². The van der Waals surface area contributed by atoms with Gasteiger partial charge < -0.3 is 15.0 Å². The van der Waals surface area contributed by atoms with Crippen molar-refractivity contribution in [1.82, 2.24) is 10.2 Å². The van der Waals surface area contributed by atoms with Crippen LogP contribution >= 0.6 is 24.0 Å². The minimum absolute atomic E-state index is 0. The normalized spacial score (nSPS) is 24.5. The number of hydrogen-bond acceptors (Lipinski definition) is 3. The molecular formula is C18H26Cl2N2O2. The van der Waals surface area contributed by atoms with Crippen molar-refractivity contribution in [2.45, 2.75) is 32.8 Å². The number of hydrogen-bond donors (Lipinski definition) is 1. The predicted molar refractivity (Wildman–Crippen MR) is 99.2 cm³/mol. The molecule has 6 heteroatoms. The highest BCUT2D eigenvalue weighted by Crippen LogP contribution is 2.28. The summed E-state index contributed by atoms with van der Waals surface area (Å²) in [5.74, 6) is 2.27. The van der Waals surface area contributed by atoms with Crippen molar-refractivity contribution in [2.75, 3.05) is 26.2 Å². The Labute approximate surface area is 155 Å². The average Bonchev–Trinajstić information content (AvgIpc) is 2.88. The van der Waals surface area contributed by atoms with Gasteiger partial charge >= 0.3 is 0 Å². The van der Waals surface area contributed by atoms with Crippen LogP contribution in [-0.4, -0.2) is 43.1 Å². The standard InChI is InChI=1S/C18H25ClN2O2.ClH/c1-12-9-16(19)3-4-17(12)23-13(2)18(22)21-7-5-14-10-20-11-15(14)6-8-21;/h3-4,9,13-15,20H,5-8,10-11H2,1-2H3;1H/t13?,14-,15+;. The van der Waals surface area contributed by atoms with E-state index < -0.39 is 6.10 Å². The third-order valence-corrected chi connectivity index (χ3v) is 5.35. The largest absolute Gasteiger partial charge is 0.481 e. The molecule has 134 valence electrons. The number of amides is 1. The lowest BCUT2D eigenvalue weighted by molar-refractivity contribution is -0.138. The summed E-state index contributed by atoms with van der Waals surface area (Å²) in [6.07, 6.45) is 1.72. The first kappa shape index (κ1) is 19.4. The summed E-state index contributed by atoms with van der Waals surface area (Å²) < 4.78 is 5.89. The number of fused-ring (bicyclic) bond motifs is 1. The Kier molecular flexibility index (Phi) is 6.79. The van der Waals surface area contributed by atoms with Gasteiger partial charge in [-0.1, -0.05) is 11.6 Å². The number of carbonyl (C=O) groups excluding carboxylic acids is 1. The van der Waals surface area contributed by atoms with Crippen LogP contribution in [0.25, 0.3) is 0 Å². The van der Waals surface area contributed by atoms with Gasteiger partial charge in [0.25, 0.3) is 5.91 Å². The van der Waals surface area contributed by atoms with Gasteiger partial charge in [0.05, 0.1) is 0 Å². The smallest absolute Gasteiger partial charge is 0.263 e. The Hall–Kier alpha value is -0.970. The number of aryl methyl sites for hydroxylation is 1. The molecule has 1 aromatic rings. The molecule has 0 aliphatic carbocycles. The molecule has 0 aromatic heterocycles. The summed E-state index contributed by atoms with van der Waals surface area (Å²) in [5.41, 5.74) is 0.952. The predicted octanol–water partition coefficient (Wildman–Crippen LogP) is 3.30. The topological polar surface area (TPSA) is 41.6 Å². The van der Waals surface area contributed by atoms with Crippen molar-refractivity contribution in [3.63, 3.8) is 0 Å². The van der Waals surface area contributed by atoms with Gasteiger partial charge in [-0.05, 0) is 75.4 Å². The number of likely N-dealkylation sites (tertiary alicyclic amines) is 1. The lowest BCUT2D eigenvalue weighted by Crippen LogP contribution is -2.41. The molecule has 2 fully saturated rings. The van der Waals surface area contributed by atoms with Gasteiger partial charge in [0.15, 0.2) is 6.10 Å². The van der Waals surface area contributed by atoms with Gasteiger partial charge in [-0.25, -0.2) is 0 Å². The SMILES string of the molecule is Cc1cc(Cl)ccc1OC(C)C(=O)N1CC[C@@H]2CNC[C@@H]2CC1.Cl. The molecule has 4 nitrogen and oxygen atoms in total. The van der Waals surface area contributed by atoms with Crippen LogP contribution in [-0.2, 0) is 4.79 Å². The van der Waals surface area contributed by atoms with Crippen LogP contribution in [0.3, 0.4) is 0 Å². The average molecular weight is 373 g/mol. The summed E-state index contributed by atoms with van der Waals surface area (Å²) >= 11 is 5.97. The van der Waals surface area contributed by atoms with Crippen molar-refractivity contribution < 1.29 is 9.53 Å². The highest BCUT2D eigenvalue weighted by molar-refractivity contribution is 6.30. The Bertz CT molecular complexity index is 568. The van der Waals surface area contributed by atoms with Gasteiger partial charge in [0.2, 0.25) is 0 Å². The molecule has 0 radical (unpaired) electrons. The fraction of sp³-hybridized carbons (Fsp3) is 0.611. The van der Waals surface area contributed by atoms with Gasteiger partial charge in [-0.3, -0.25) is 4.79 Å². The lowest BCUT2D eigenvalue weighted by Gasteiger charge is -2.25. The van der Waals surface area contributed by atoms with Gasteiger partial charge in [-0.15, -0.1) is 12.4 Å². The first-order valence-electron chi connectivity index (χ1n) is 8.47. The zero-order valence-electron chi connectivity index (χ0n) is 14.3. The van der Waals surface area contributed by atoms with Crippen molar-refractivity contribution in [2.24, 2.45) is 11.8 Å². The molecule has 1 unspecified atom stereocenters. The second-order valence-electron chi connectivity index (χ2n) is 6.75. The molecule has 24 heavy (non-hydrogen) atoms. The van der Waals surface area contributed by atoms with Crippen LogP contribution in [0.15, 0.2) is 18.2 Å². The fourth-order valence-corrected chi connectivity index (χ4v) is 3.91. The summed E-state index contributed by atoms with van der Waals surface area (Å²) in [7, 11) is 0. The Balaban J connectivity index is 0.00000208. The zero-order chi connectivity index (χ0) is 16.4. The van der Waals surface area contributed by atoms with E-state index >= 15 is 0 Å². The second-order valence-corrected chi connectivity index (χ2v) is 7.19. The van der Waals surface area contributed by atoms with E-state index in [9.17, 15) is 4.79 Å². The van der Waals surface area contributed by atoms with Crippen molar-refractivity contribution in [3.05, 3.63) is 28.8 Å². The van der Waals surface area contributed by atoms with E-state index in [1.54, 1.807) is 6.07 Å². The molecule has 1 aromatic carbocycles. The number of benzene rings is 1. The Morgan fingerprint density at radius 2 is 1.92 bits per heavy atom. The lowest BCUT2D eigenvalue weighted by atomic mass is 9.92. The molecule has 3 atom stereocenters. The van der Waals surface area contributed by atoms with E-state index in [4.69, 9.17) is 16.3 Å². The van der Waals surface area contributed by atoms with E-state index in [1.807, 2.05) is 30.9 Å². The van der Waals surface area contributed by atoms with Crippen molar-refractivity contribution >= 4 is 29.9 Å². The number of halogens is 2. The van der Waals surface area contributed by atoms with Gasteiger partial charge in [0, 0.05) is 18.1 Å². The van der Waals surface area contributed by atoms with E-state index in [-0.39, 0.29) is 18.3 Å². The summed E-state index contributed by atoms with van der Waals surface area (Å²) in [6, 6.07) is 5.48. The summed E-state index contributed by atoms with van der Waals surface area (Å²) in [4.78, 5) is 14.7. The summed E-state index contributed by atoms with van der Waals surface area (Å²) in [6.45, 7) is 7.66. The van der Waals surface area contributed by atoms with Crippen LogP contribution in [0, 0.1) is 18.8 Å². The monoisotopic (exact) mass is 372 g/mol. The number of ether oxygens (including phenoxy) is 1. The number of carbonyl (C=O) groups is 1. The quantitative estimate of drug-likeness (QED) is 0.884. The molecule has 0 spiro atoms. The molecule has 2 aliphatic rings. The van der Waals surface area contributed by atoms with Crippen molar-refractivity contribution in [1.29, 1.82) is 0 Å². The van der Waals surface area contributed by atoms with Crippen LogP contribution in [0.1, 0.15) is 25.3 Å². The maximum atomic E-state index is 12.7. The maximum absolute atomic E-state index is 12.7. The van der Waals surface area contributed by atoms with E-state index in [2.05, 4.69) is 5.32 Å². The molecule has 2 saturated heterocycles. The van der Waals surface area contributed by atoms with E-state index in [1.165, 1.54) is 0 Å². The minimum Gasteiger partial charge on any atom is -0.481 e. The number of rotatable bonds is 3. The van der Waals surface area contributed by atoms with Crippen molar-refractivity contribution in [3.8, 4) is 5.75 Å². The number of nitrogens with zero attached hydrogens (tertiary/aromatic N) is 1. The molecule has 1 N–H and O–H groups in total. The molecular weight excluding hydrogens is 347 g/mol. The first-order chi connectivity index (χ1) is 11.0. The molecule has 2 aliphatic heterocycles. The van der Waals surface area contributed by atoms with Gasteiger partial charge in [-0.2, -0.15) is 0 Å². The molecule has 0 bridgehead atoms. The molecule has 1 amide bonds. The highest BCUT2D eigenvalue weighted by Gasteiger charge is 2.32. The third kappa shape index (κ3) is 4.35. The molecule has 2 heterocycles. The minimum atomic E-state index is -0.467. The third-order valence-electron chi connectivity index (χ3n) is 5.12. The Morgan fingerprint density at radius 1 is 1.29 bits per heavy atom. The highest BCUT2D eigenvalue weighted by atomic mass is 35.5. The van der Waals surface area contributed by atoms with E-state index in [0.717, 1.165) is 62.2 Å². The number of nitrogens with one attached hydrogen (secondary N) is 1. The van der Waals surface area contributed by atoms with Gasteiger partial charge in [0.1, 0.15) is 5.75 Å². The van der Waals surface area contributed by atoms with E-state index in [0.29, 0.717) is 5.02 Å². The van der Waals surface area contributed by atoms with Crippen LogP contribution in [0.5, 0.6) is 5.75 Å². The molecule has 3 rings (SSSR count). The summed E-state index contributed by atoms with van der Waals surface area (Å²) in [5, 5.41) is 4.15. The first-order valence-corrected chi connectivity index (χ1v) is 8.84. The second kappa shape index (κ2) is 8.41. The zero-order valence-corrected chi connectivity index (χ0v) is 15.8. The molecule has 0 saturated carbocycles.